The average molecular weight is 288 g/mol. The van der Waals surface area contributed by atoms with E-state index in [1.54, 1.807) is 24.3 Å². The maximum Gasteiger partial charge on any atom is 0.157 e. The maximum absolute atomic E-state index is 12.4. The number of hydrogen-bond acceptors (Lipinski definition) is 3. The molecular weight excluding hydrogens is 270 g/mol. The number of halogens is 1. The minimum Gasteiger partial charge on any atom is -0.327 e. The maximum atomic E-state index is 12.4. The van der Waals surface area contributed by atoms with Crippen molar-refractivity contribution in [1.29, 1.82) is 0 Å². The molecule has 1 aliphatic rings. The fourth-order valence-corrected chi connectivity index (χ4v) is 5.14. The molecule has 1 fully saturated rings. The van der Waals surface area contributed by atoms with E-state index in [0.29, 0.717) is 17.0 Å². The van der Waals surface area contributed by atoms with Gasteiger partial charge >= 0.3 is 0 Å². The van der Waals surface area contributed by atoms with Gasteiger partial charge in [0.15, 0.2) is 9.84 Å². The van der Waals surface area contributed by atoms with Crippen LogP contribution in [0, 0.1) is 5.92 Å². The summed E-state index contributed by atoms with van der Waals surface area (Å²) in [5.41, 5.74) is 6.57. The molecule has 1 aromatic rings. The summed E-state index contributed by atoms with van der Waals surface area (Å²) in [7, 11) is -3.18. The zero-order valence-electron chi connectivity index (χ0n) is 10.3. The second kappa shape index (κ2) is 5.19. The number of benzene rings is 1. The first kappa shape index (κ1) is 13.8. The van der Waals surface area contributed by atoms with Crippen LogP contribution in [0.25, 0.3) is 0 Å². The fourth-order valence-electron chi connectivity index (χ4n) is 2.60. The summed E-state index contributed by atoms with van der Waals surface area (Å²) in [5, 5.41) is 0.180. The van der Waals surface area contributed by atoms with Gasteiger partial charge in [-0.25, -0.2) is 8.42 Å². The third kappa shape index (κ3) is 2.71. The summed E-state index contributed by atoms with van der Waals surface area (Å²) in [6, 6.07) is 7.08. The molecule has 1 aliphatic carbocycles. The Kier molecular flexibility index (Phi) is 3.99. The molecule has 1 aromatic carbocycles. The van der Waals surface area contributed by atoms with Crippen LogP contribution in [0.4, 0.5) is 0 Å². The summed E-state index contributed by atoms with van der Waals surface area (Å²) in [4.78, 5) is 0. The van der Waals surface area contributed by atoms with Crippen LogP contribution in [0.2, 0.25) is 5.02 Å². The highest BCUT2D eigenvalue weighted by molar-refractivity contribution is 7.91. The van der Waals surface area contributed by atoms with Crippen LogP contribution in [0.5, 0.6) is 0 Å². The summed E-state index contributed by atoms with van der Waals surface area (Å²) in [5.74, 6) is 0.0338. The molecule has 0 aliphatic heterocycles. The van der Waals surface area contributed by atoms with Crippen molar-refractivity contribution in [3.8, 4) is 0 Å². The molecule has 1 saturated carbocycles. The van der Waals surface area contributed by atoms with Gasteiger partial charge in [0.2, 0.25) is 0 Å². The van der Waals surface area contributed by atoms with Gasteiger partial charge < -0.3 is 5.73 Å². The molecule has 0 radical (unpaired) electrons. The Labute approximate surface area is 113 Å². The number of nitrogens with two attached hydrogens (primary N) is 1. The van der Waals surface area contributed by atoms with Crippen LogP contribution >= 0.6 is 11.6 Å². The van der Waals surface area contributed by atoms with E-state index in [4.69, 9.17) is 17.3 Å². The van der Waals surface area contributed by atoms with E-state index >= 15 is 0 Å². The predicted octanol–water partition coefficient (Wildman–Crippen LogP) is 2.38. The average Bonchev–Trinajstić information content (AvgIpc) is 2.63. The minimum absolute atomic E-state index is 0.00368. The molecule has 0 saturated heterocycles. The second-order valence-electron chi connectivity index (χ2n) is 5.04. The Bertz CT molecular complexity index is 530. The zero-order valence-corrected chi connectivity index (χ0v) is 11.9. The van der Waals surface area contributed by atoms with Crippen LogP contribution in [0.3, 0.4) is 0 Å². The Balaban J connectivity index is 2.21. The third-order valence-corrected chi connectivity index (χ3v) is 6.49. The highest BCUT2D eigenvalue weighted by atomic mass is 35.5. The normalized spacial score (nSPS) is 28.5. The number of sulfone groups is 1. The largest absolute Gasteiger partial charge is 0.327 e. The molecule has 5 heteroatoms. The SMILES string of the molecule is CC1C(N)CCC1S(=O)(=O)Cc1ccccc1Cl. The van der Waals surface area contributed by atoms with Gasteiger partial charge in [0.05, 0.1) is 11.0 Å². The lowest BCUT2D eigenvalue weighted by Crippen LogP contribution is -2.32. The molecule has 2 N–H and O–H groups in total. The van der Waals surface area contributed by atoms with Gasteiger partial charge in [-0.05, 0) is 30.4 Å². The molecule has 0 aromatic heterocycles. The minimum atomic E-state index is -3.18. The summed E-state index contributed by atoms with van der Waals surface area (Å²) < 4.78 is 24.8. The number of rotatable bonds is 3. The zero-order chi connectivity index (χ0) is 13.3. The van der Waals surface area contributed by atoms with E-state index in [1.807, 2.05) is 6.92 Å². The van der Waals surface area contributed by atoms with Gasteiger partial charge in [0.1, 0.15) is 0 Å². The first-order valence-corrected chi connectivity index (χ1v) is 8.21. The molecule has 2 rings (SSSR count). The van der Waals surface area contributed by atoms with Crippen LogP contribution < -0.4 is 5.73 Å². The van der Waals surface area contributed by atoms with Crippen molar-refractivity contribution in [3.05, 3.63) is 34.9 Å². The Morgan fingerprint density at radius 2 is 2.00 bits per heavy atom. The fraction of sp³-hybridized carbons (Fsp3) is 0.538. The highest BCUT2D eigenvalue weighted by Crippen LogP contribution is 2.32. The van der Waals surface area contributed by atoms with Crippen molar-refractivity contribution in [1.82, 2.24) is 0 Å². The molecule has 100 valence electrons. The molecule has 18 heavy (non-hydrogen) atoms. The Morgan fingerprint density at radius 1 is 1.33 bits per heavy atom. The van der Waals surface area contributed by atoms with Gasteiger partial charge in [-0.3, -0.25) is 0 Å². The summed E-state index contributed by atoms with van der Waals surface area (Å²) in [6.07, 6.45) is 1.45. The smallest absolute Gasteiger partial charge is 0.157 e. The Morgan fingerprint density at radius 3 is 2.56 bits per heavy atom. The van der Waals surface area contributed by atoms with Gasteiger partial charge in [0.25, 0.3) is 0 Å². The molecule has 3 unspecified atom stereocenters. The van der Waals surface area contributed by atoms with E-state index in [1.165, 1.54) is 0 Å². The lowest BCUT2D eigenvalue weighted by atomic mass is 10.1. The summed E-state index contributed by atoms with van der Waals surface area (Å²) >= 11 is 6.01. The Hall–Kier alpha value is -0.580. The standard InChI is InChI=1S/C13H18ClNO2S/c1-9-12(15)6-7-13(9)18(16,17)8-10-4-2-3-5-11(10)14/h2-5,9,12-13H,6-8,15H2,1H3. The van der Waals surface area contributed by atoms with Crippen LogP contribution in [0.1, 0.15) is 25.3 Å². The van der Waals surface area contributed by atoms with E-state index < -0.39 is 9.84 Å². The van der Waals surface area contributed by atoms with Gasteiger partial charge in [-0.15, -0.1) is 0 Å². The van der Waals surface area contributed by atoms with E-state index in [9.17, 15) is 8.42 Å². The van der Waals surface area contributed by atoms with Crippen molar-refractivity contribution in [2.24, 2.45) is 11.7 Å². The first-order chi connectivity index (χ1) is 8.42. The van der Waals surface area contributed by atoms with Crippen LogP contribution in [-0.2, 0) is 15.6 Å². The quantitative estimate of drug-likeness (QED) is 0.928. The van der Waals surface area contributed by atoms with Crippen molar-refractivity contribution in [2.45, 2.75) is 36.8 Å². The highest BCUT2D eigenvalue weighted by Gasteiger charge is 2.39. The van der Waals surface area contributed by atoms with E-state index in [2.05, 4.69) is 0 Å². The molecule has 0 heterocycles. The lowest BCUT2D eigenvalue weighted by Gasteiger charge is -2.18. The second-order valence-corrected chi connectivity index (χ2v) is 7.66. The van der Waals surface area contributed by atoms with Crippen molar-refractivity contribution >= 4 is 21.4 Å². The molecule has 3 atom stereocenters. The van der Waals surface area contributed by atoms with Crippen molar-refractivity contribution < 1.29 is 8.42 Å². The first-order valence-electron chi connectivity index (χ1n) is 6.12. The van der Waals surface area contributed by atoms with Gasteiger partial charge in [-0.2, -0.15) is 0 Å². The molecule has 0 spiro atoms. The molecule has 0 amide bonds. The van der Waals surface area contributed by atoms with E-state index in [0.717, 1.165) is 6.42 Å². The lowest BCUT2D eigenvalue weighted by molar-refractivity contribution is 0.506. The van der Waals surface area contributed by atoms with E-state index in [-0.39, 0.29) is 23.0 Å². The van der Waals surface area contributed by atoms with Crippen molar-refractivity contribution in [2.75, 3.05) is 0 Å². The predicted molar refractivity (Wildman–Crippen MR) is 74.2 cm³/mol. The third-order valence-electron chi connectivity index (χ3n) is 3.82. The molecule has 3 nitrogen and oxygen atoms in total. The monoisotopic (exact) mass is 287 g/mol. The topological polar surface area (TPSA) is 60.2 Å². The number of hydrogen-bond donors (Lipinski definition) is 1. The van der Waals surface area contributed by atoms with Crippen molar-refractivity contribution in [3.63, 3.8) is 0 Å². The van der Waals surface area contributed by atoms with Gasteiger partial charge in [0, 0.05) is 11.1 Å². The molecular formula is C13H18ClNO2S. The molecule has 0 bridgehead atoms. The van der Waals surface area contributed by atoms with Crippen LogP contribution in [0.15, 0.2) is 24.3 Å². The summed E-state index contributed by atoms with van der Waals surface area (Å²) in [6.45, 7) is 1.92. The van der Waals surface area contributed by atoms with Crippen LogP contribution in [-0.4, -0.2) is 19.7 Å². The van der Waals surface area contributed by atoms with Gasteiger partial charge in [-0.1, -0.05) is 36.7 Å².